The maximum atomic E-state index is 10.7. The molecule has 0 radical (unpaired) electrons. The highest BCUT2D eigenvalue weighted by atomic mass is 16.4. The van der Waals surface area contributed by atoms with Crippen LogP contribution < -0.4 is 0 Å². The summed E-state index contributed by atoms with van der Waals surface area (Å²) in [5, 5.41) is 17.9. The third-order valence-electron chi connectivity index (χ3n) is 2.51. The largest absolute Gasteiger partial charge is 0.513 e. The van der Waals surface area contributed by atoms with Crippen molar-refractivity contribution in [3.05, 3.63) is 12.3 Å². The molecular formula is C9H14O3. The molecule has 3 nitrogen and oxygen atoms in total. The van der Waals surface area contributed by atoms with Crippen LogP contribution in [0.15, 0.2) is 12.3 Å². The van der Waals surface area contributed by atoms with E-state index in [1.54, 1.807) is 0 Å². The van der Waals surface area contributed by atoms with Gasteiger partial charge in [0.15, 0.2) is 0 Å². The van der Waals surface area contributed by atoms with Crippen molar-refractivity contribution in [2.24, 2.45) is 11.8 Å². The second-order valence-corrected chi connectivity index (χ2v) is 3.33. The Labute approximate surface area is 71.7 Å². The highest BCUT2D eigenvalue weighted by Crippen LogP contribution is 2.33. The first-order chi connectivity index (χ1) is 5.63. The van der Waals surface area contributed by atoms with Gasteiger partial charge in [-0.2, -0.15) is 0 Å². The predicted molar refractivity (Wildman–Crippen MR) is 44.9 cm³/mol. The molecule has 1 fully saturated rings. The van der Waals surface area contributed by atoms with Crippen LogP contribution in [-0.4, -0.2) is 16.2 Å². The molecule has 0 aromatic rings. The van der Waals surface area contributed by atoms with E-state index in [9.17, 15) is 4.79 Å². The maximum Gasteiger partial charge on any atom is 0.307 e. The molecule has 0 aromatic carbocycles. The van der Waals surface area contributed by atoms with Gasteiger partial charge in [0.2, 0.25) is 0 Å². The zero-order chi connectivity index (χ0) is 9.14. The first kappa shape index (κ1) is 9.10. The first-order valence-electron chi connectivity index (χ1n) is 4.23. The Balaban J connectivity index is 2.67. The first-order valence-corrected chi connectivity index (χ1v) is 4.23. The van der Waals surface area contributed by atoms with Crippen LogP contribution in [0.25, 0.3) is 0 Å². The molecule has 1 saturated carbocycles. The smallest absolute Gasteiger partial charge is 0.307 e. The van der Waals surface area contributed by atoms with Gasteiger partial charge in [0.05, 0.1) is 11.7 Å². The SMILES string of the molecule is C=C(O)[C@H]1CCCC[C@H]1C(=O)O. The molecule has 12 heavy (non-hydrogen) atoms. The summed E-state index contributed by atoms with van der Waals surface area (Å²) in [6.45, 7) is 3.40. The lowest BCUT2D eigenvalue weighted by atomic mass is 9.78. The topological polar surface area (TPSA) is 57.5 Å². The number of carbonyl (C=O) groups is 1. The lowest BCUT2D eigenvalue weighted by molar-refractivity contribution is -0.144. The fourth-order valence-electron chi connectivity index (χ4n) is 1.83. The average Bonchev–Trinajstić information content (AvgIpc) is 2.04. The summed E-state index contributed by atoms with van der Waals surface area (Å²) in [6.07, 6.45) is 3.36. The minimum absolute atomic E-state index is 0.0297. The minimum atomic E-state index is -0.810. The molecule has 2 N–H and O–H groups in total. The molecule has 3 heteroatoms. The van der Waals surface area contributed by atoms with E-state index in [0.717, 1.165) is 19.3 Å². The van der Waals surface area contributed by atoms with Crippen molar-refractivity contribution in [1.82, 2.24) is 0 Å². The predicted octanol–water partition coefficient (Wildman–Crippen LogP) is 1.95. The van der Waals surface area contributed by atoms with Crippen LogP contribution in [0.3, 0.4) is 0 Å². The monoisotopic (exact) mass is 170 g/mol. The van der Waals surface area contributed by atoms with Gasteiger partial charge in [-0.05, 0) is 12.8 Å². The van der Waals surface area contributed by atoms with Crippen molar-refractivity contribution >= 4 is 5.97 Å². The van der Waals surface area contributed by atoms with Gasteiger partial charge in [-0.15, -0.1) is 0 Å². The number of aliphatic hydroxyl groups excluding tert-OH is 1. The van der Waals surface area contributed by atoms with Crippen LogP contribution in [0, 0.1) is 11.8 Å². The zero-order valence-electron chi connectivity index (χ0n) is 6.99. The molecule has 0 spiro atoms. The molecule has 1 rings (SSSR count). The number of aliphatic carboxylic acids is 1. The second-order valence-electron chi connectivity index (χ2n) is 3.33. The number of carboxylic acid groups (broad SMARTS) is 1. The standard InChI is InChI=1S/C9H14O3/c1-6(10)7-4-2-3-5-8(7)9(11)12/h7-8,10H,1-5H2,(H,11,12)/t7-,8-/m1/s1. The van der Waals surface area contributed by atoms with Gasteiger partial charge >= 0.3 is 5.97 Å². The summed E-state index contributed by atoms with van der Waals surface area (Å²) in [6, 6.07) is 0. The number of hydrogen-bond acceptors (Lipinski definition) is 2. The Morgan fingerprint density at radius 1 is 1.17 bits per heavy atom. The van der Waals surface area contributed by atoms with Crippen LogP contribution >= 0.6 is 0 Å². The van der Waals surface area contributed by atoms with Crippen LogP contribution in [0.4, 0.5) is 0 Å². The molecule has 68 valence electrons. The van der Waals surface area contributed by atoms with E-state index < -0.39 is 11.9 Å². The van der Waals surface area contributed by atoms with E-state index in [-0.39, 0.29) is 11.7 Å². The third-order valence-corrected chi connectivity index (χ3v) is 2.51. The van der Waals surface area contributed by atoms with Gasteiger partial charge in [-0.25, -0.2) is 0 Å². The molecule has 0 bridgehead atoms. The lowest BCUT2D eigenvalue weighted by Gasteiger charge is -2.27. The Kier molecular flexibility index (Phi) is 2.74. The van der Waals surface area contributed by atoms with Crippen molar-refractivity contribution < 1.29 is 15.0 Å². The van der Waals surface area contributed by atoms with E-state index in [2.05, 4.69) is 6.58 Å². The Hall–Kier alpha value is -0.990. The Bertz CT molecular complexity index is 176. The van der Waals surface area contributed by atoms with Gasteiger partial charge in [-0.1, -0.05) is 19.4 Å². The van der Waals surface area contributed by atoms with Gasteiger partial charge in [0.1, 0.15) is 0 Å². The lowest BCUT2D eigenvalue weighted by Crippen LogP contribution is -2.27. The summed E-state index contributed by atoms with van der Waals surface area (Å²) in [5.74, 6) is -1.43. The molecule has 0 aromatic heterocycles. The number of hydrogen-bond donors (Lipinski definition) is 2. The van der Waals surface area contributed by atoms with Crippen molar-refractivity contribution in [3.8, 4) is 0 Å². The number of rotatable bonds is 2. The average molecular weight is 170 g/mol. The van der Waals surface area contributed by atoms with Crippen molar-refractivity contribution in [2.75, 3.05) is 0 Å². The molecule has 2 atom stereocenters. The van der Waals surface area contributed by atoms with E-state index in [0.29, 0.717) is 6.42 Å². The molecule has 0 saturated heterocycles. The van der Waals surface area contributed by atoms with Crippen molar-refractivity contribution in [3.63, 3.8) is 0 Å². The molecular weight excluding hydrogens is 156 g/mol. The van der Waals surface area contributed by atoms with Gasteiger partial charge < -0.3 is 10.2 Å². The van der Waals surface area contributed by atoms with Gasteiger partial charge in [0.25, 0.3) is 0 Å². The normalized spacial score (nSPS) is 29.7. The van der Waals surface area contributed by atoms with Crippen LogP contribution in [0.5, 0.6) is 0 Å². The fourth-order valence-corrected chi connectivity index (χ4v) is 1.83. The molecule has 1 aliphatic carbocycles. The second kappa shape index (κ2) is 3.61. The quantitative estimate of drug-likeness (QED) is 0.623. The van der Waals surface area contributed by atoms with Crippen molar-refractivity contribution in [2.45, 2.75) is 25.7 Å². The Morgan fingerprint density at radius 2 is 1.67 bits per heavy atom. The molecule has 0 aliphatic heterocycles. The fraction of sp³-hybridized carbons (Fsp3) is 0.667. The molecule has 0 unspecified atom stereocenters. The van der Waals surface area contributed by atoms with Crippen molar-refractivity contribution in [1.29, 1.82) is 0 Å². The van der Waals surface area contributed by atoms with Crippen LogP contribution in [-0.2, 0) is 4.79 Å². The maximum absolute atomic E-state index is 10.7. The summed E-state index contributed by atoms with van der Waals surface area (Å²) >= 11 is 0. The van der Waals surface area contributed by atoms with Gasteiger partial charge in [0, 0.05) is 5.92 Å². The third kappa shape index (κ3) is 1.78. The zero-order valence-corrected chi connectivity index (χ0v) is 6.99. The van der Waals surface area contributed by atoms with E-state index in [1.165, 1.54) is 0 Å². The molecule has 0 amide bonds. The molecule has 0 heterocycles. The van der Waals surface area contributed by atoms with E-state index in [4.69, 9.17) is 10.2 Å². The minimum Gasteiger partial charge on any atom is -0.513 e. The number of carboxylic acids is 1. The summed E-state index contributed by atoms with van der Waals surface area (Å²) in [4.78, 5) is 10.7. The number of aliphatic hydroxyl groups is 1. The molecule has 1 aliphatic rings. The van der Waals surface area contributed by atoms with Crippen LogP contribution in [0.2, 0.25) is 0 Å². The summed E-state index contributed by atoms with van der Waals surface area (Å²) < 4.78 is 0. The van der Waals surface area contributed by atoms with E-state index in [1.807, 2.05) is 0 Å². The van der Waals surface area contributed by atoms with Gasteiger partial charge in [-0.3, -0.25) is 4.79 Å². The highest BCUT2D eigenvalue weighted by molar-refractivity contribution is 5.70. The summed E-state index contributed by atoms with van der Waals surface area (Å²) in [5.41, 5.74) is 0. The van der Waals surface area contributed by atoms with E-state index >= 15 is 0 Å². The Morgan fingerprint density at radius 3 is 2.00 bits per heavy atom. The highest BCUT2D eigenvalue weighted by Gasteiger charge is 2.32. The number of allylic oxidation sites excluding steroid dienone is 1. The summed E-state index contributed by atoms with van der Waals surface area (Å²) in [7, 11) is 0. The van der Waals surface area contributed by atoms with Crippen LogP contribution in [0.1, 0.15) is 25.7 Å².